The van der Waals surface area contributed by atoms with Crippen LogP contribution in [0, 0.1) is 11.3 Å². The number of aliphatic imine (C=N–C) groups is 1. The van der Waals surface area contributed by atoms with Gasteiger partial charge in [0.2, 0.25) is 0 Å². The summed E-state index contributed by atoms with van der Waals surface area (Å²) in [7, 11) is 1.81. The number of fused-ring (bicyclic) bond motifs is 1. The average molecular weight is 290 g/mol. The molecule has 2 aromatic rings. The smallest absolute Gasteiger partial charge is 0.198 e. The van der Waals surface area contributed by atoms with E-state index in [1.165, 1.54) is 11.3 Å². The number of nitriles is 1. The molecule has 0 aliphatic carbocycles. The molecular weight excluding hydrogens is 272 g/mol. The second kappa shape index (κ2) is 6.31. The minimum absolute atomic E-state index is 0.682. The highest BCUT2D eigenvalue weighted by Gasteiger charge is 2.22. The predicted molar refractivity (Wildman–Crippen MR) is 88.8 cm³/mol. The lowest BCUT2D eigenvalue weighted by molar-refractivity contribution is 0.867. The summed E-state index contributed by atoms with van der Waals surface area (Å²) in [5, 5.41) is 12.2. The SMILES string of the molecule is CN=C(NCc1ccc(C#N)cc1)N1CCc2ccccc21. The molecule has 0 fully saturated rings. The zero-order valence-electron chi connectivity index (χ0n) is 12.6. The van der Waals surface area contributed by atoms with Gasteiger partial charge in [-0.25, -0.2) is 0 Å². The van der Waals surface area contributed by atoms with Crippen molar-refractivity contribution in [2.45, 2.75) is 13.0 Å². The molecule has 0 spiro atoms. The van der Waals surface area contributed by atoms with Crippen LogP contribution in [0.5, 0.6) is 0 Å². The average Bonchev–Trinajstić information content (AvgIpc) is 3.00. The van der Waals surface area contributed by atoms with Crippen LogP contribution in [0.15, 0.2) is 53.5 Å². The molecule has 2 aromatic carbocycles. The van der Waals surface area contributed by atoms with Gasteiger partial charge in [-0.2, -0.15) is 5.26 Å². The zero-order valence-corrected chi connectivity index (χ0v) is 12.6. The Balaban J connectivity index is 1.70. The van der Waals surface area contributed by atoms with E-state index in [1.54, 1.807) is 0 Å². The van der Waals surface area contributed by atoms with Crippen molar-refractivity contribution < 1.29 is 0 Å². The number of anilines is 1. The maximum atomic E-state index is 8.83. The molecule has 0 amide bonds. The number of guanidine groups is 1. The van der Waals surface area contributed by atoms with E-state index in [1.807, 2.05) is 31.3 Å². The standard InChI is InChI=1S/C18H18N4/c1-20-18(21-13-15-8-6-14(12-19)7-9-15)22-11-10-16-4-2-3-5-17(16)22/h2-9H,10-11,13H2,1H3,(H,20,21). The minimum Gasteiger partial charge on any atom is -0.352 e. The molecular formula is C18H18N4. The summed E-state index contributed by atoms with van der Waals surface area (Å²) >= 11 is 0. The second-order valence-corrected chi connectivity index (χ2v) is 5.24. The number of nitrogens with zero attached hydrogens (tertiary/aromatic N) is 3. The van der Waals surface area contributed by atoms with E-state index in [0.717, 1.165) is 24.5 Å². The van der Waals surface area contributed by atoms with Crippen LogP contribution in [-0.4, -0.2) is 19.6 Å². The van der Waals surface area contributed by atoms with Gasteiger partial charge in [-0.1, -0.05) is 30.3 Å². The Morgan fingerprint density at radius 2 is 2.00 bits per heavy atom. The molecule has 0 saturated carbocycles. The van der Waals surface area contributed by atoms with Crippen LogP contribution >= 0.6 is 0 Å². The van der Waals surface area contributed by atoms with E-state index < -0.39 is 0 Å². The summed E-state index contributed by atoms with van der Waals surface area (Å²) in [5.74, 6) is 0.884. The fourth-order valence-corrected chi connectivity index (χ4v) is 2.73. The molecule has 1 N–H and O–H groups in total. The molecule has 0 bridgehead atoms. The van der Waals surface area contributed by atoms with Crippen LogP contribution in [0.1, 0.15) is 16.7 Å². The van der Waals surface area contributed by atoms with Crippen molar-refractivity contribution in [3.63, 3.8) is 0 Å². The van der Waals surface area contributed by atoms with E-state index in [-0.39, 0.29) is 0 Å². The Bertz CT molecular complexity index is 725. The van der Waals surface area contributed by atoms with Gasteiger partial charge in [0.15, 0.2) is 5.96 Å². The number of nitrogens with one attached hydrogen (secondary N) is 1. The monoisotopic (exact) mass is 290 g/mol. The molecule has 0 unspecified atom stereocenters. The fraction of sp³-hybridized carbons (Fsp3) is 0.222. The summed E-state index contributed by atoms with van der Waals surface area (Å²) in [5.41, 5.74) is 4.41. The van der Waals surface area contributed by atoms with Crippen LogP contribution in [0.25, 0.3) is 0 Å². The van der Waals surface area contributed by atoms with E-state index in [4.69, 9.17) is 5.26 Å². The van der Waals surface area contributed by atoms with E-state index in [9.17, 15) is 0 Å². The third kappa shape index (κ3) is 2.79. The van der Waals surface area contributed by atoms with Crippen molar-refractivity contribution in [3.05, 3.63) is 65.2 Å². The molecule has 0 saturated heterocycles. The maximum Gasteiger partial charge on any atom is 0.198 e. The first-order chi connectivity index (χ1) is 10.8. The highest BCUT2D eigenvalue weighted by Crippen LogP contribution is 2.27. The first-order valence-corrected chi connectivity index (χ1v) is 7.37. The van der Waals surface area contributed by atoms with Crippen LogP contribution < -0.4 is 10.2 Å². The predicted octanol–water partition coefficient (Wildman–Crippen LogP) is 2.70. The lowest BCUT2D eigenvalue weighted by Crippen LogP contribution is -2.40. The van der Waals surface area contributed by atoms with Gasteiger partial charge in [0.1, 0.15) is 0 Å². The molecule has 0 aromatic heterocycles. The Labute approximate surface area is 130 Å². The number of benzene rings is 2. The first kappa shape index (κ1) is 14.2. The van der Waals surface area contributed by atoms with Crippen LogP contribution in [-0.2, 0) is 13.0 Å². The molecule has 1 heterocycles. The number of rotatable bonds is 2. The number of hydrogen-bond acceptors (Lipinski definition) is 2. The Morgan fingerprint density at radius 3 is 2.73 bits per heavy atom. The summed E-state index contributed by atoms with van der Waals surface area (Å²) in [6.07, 6.45) is 1.05. The summed E-state index contributed by atoms with van der Waals surface area (Å²) in [6, 6.07) is 18.2. The van der Waals surface area contributed by atoms with E-state index >= 15 is 0 Å². The van der Waals surface area contributed by atoms with E-state index in [2.05, 4.69) is 45.5 Å². The normalized spacial score (nSPS) is 13.6. The van der Waals surface area contributed by atoms with Gasteiger partial charge in [-0.3, -0.25) is 4.99 Å². The molecule has 1 aliphatic rings. The quantitative estimate of drug-likeness (QED) is 0.683. The summed E-state index contributed by atoms with van der Waals surface area (Å²) in [4.78, 5) is 6.62. The molecule has 0 atom stereocenters. The molecule has 3 rings (SSSR count). The van der Waals surface area contributed by atoms with Crippen molar-refractivity contribution in [2.75, 3.05) is 18.5 Å². The number of para-hydroxylation sites is 1. The first-order valence-electron chi connectivity index (χ1n) is 7.37. The third-order valence-electron chi connectivity index (χ3n) is 3.89. The van der Waals surface area contributed by atoms with Crippen molar-refractivity contribution >= 4 is 11.6 Å². The van der Waals surface area contributed by atoms with Crippen LogP contribution in [0.2, 0.25) is 0 Å². The Hall–Kier alpha value is -2.80. The molecule has 22 heavy (non-hydrogen) atoms. The lowest BCUT2D eigenvalue weighted by atomic mass is 10.1. The van der Waals surface area contributed by atoms with Gasteiger partial charge >= 0.3 is 0 Å². The van der Waals surface area contributed by atoms with Gasteiger partial charge in [0.05, 0.1) is 11.6 Å². The van der Waals surface area contributed by atoms with Crippen LogP contribution in [0.4, 0.5) is 5.69 Å². The van der Waals surface area contributed by atoms with E-state index in [0.29, 0.717) is 12.1 Å². The van der Waals surface area contributed by atoms with Crippen molar-refractivity contribution in [3.8, 4) is 6.07 Å². The topological polar surface area (TPSA) is 51.4 Å². The Kier molecular flexibility index (Phi) is 4.06. The largest absolute Gasteiger partial charge is 0.352 e. The van der Waals surface area contributed by atoms with Crippen LogP contribution in [0.3, 0.4) is 0 Å². The molecule has 1 aliphatic heterocycles. The molecule has 0 radical (unpaired) electrons. The lowest BCUT2D eigenvalue weighted by Gasteiger charge is -2.22. The van der Waals surface area contributed by atoms with Crippen molar-refractivity contribution in [1.82, 2.24) is 5.32 Å². The highest BCUT2D eigenvalue weighted by molar-refractivity contribution is 5.97. The summed E-state index contributed by atoms with van der Waals surface area (Å²) < 4.78 is 0. The summed E-state index contributed by atoms with van der Waals surface area (Å²) in [6.45, 7) is 1.64. The second-order valence-electron chi connectivity index (χ2n) is 5.24. The van der Waals surface area contributed by atoms with Gasteiger partial charge < -0.3 is 10.2 Å². The van der Waals surface area contributed by atoms with Gasteiger partial charge in [0, 0.05) is 25.8 Å². The maximum absolute atomic E-state index is 8.83. The molecule has 110 valence electrons. The Morgan fingerprint density at radius 1 is 1.23 bits per heavy atom. The minimum atomic E-state index is 0.682. The fourth-order valence-electron chi connectivity index (χ4n) is 2.73. The van der Waals surface area contributed by atoms with Crippen molar-refractivity contribution in [2.24, 2.45) is 4.99 Å². The zero-order chi connectivity index (χ0) is 15.4. The number of hydrogen-bond donors (Lipinski definition) is 1. The molecule has 4 nitrogen and oxygen atoms in total. The third-order valence-corrected chi connectivity index (χ3v) is 3.89. The molecule has 4 heteroatoms. The van der Waals surface area contributed by atoms with Crippen molar-refractivity contribution in [1.29, 1.82) is 5.26 Å². The van der Waals surface area contributed by atoms with Gasteiger partial charge in [-0.15, -0.1) is 0 Å². The van der Waals surface area contributed by atoms with Gasteiger partial charge in [0.25, 0.3) is 0 Å². The highest BCUT2D eigenvalue weighted by atomic mass is 15.3. The van der Waals surface area contributed by atoms with Gasteiger partial charge in [-0.05, 0) is 35.7 Å².